The van der Waals surface area contributed by atoms with E-state index in [1.165, 1.54) is 98.4 Å². The van der Waals surface area contributed by atoms with Gasteiger partial charge in [0.2, 0.25) is 0 Å². The van der Waals surface area contributed by atoms with E-state index in [-0.39, 0.29) is 0 Å². The van der Waals surface area contributed by atoms with Crippen molar-refractivity contribution >= 4 is 90.8 Å². The molecule has 2 heterocycles. The summed E-state index contributed by atoms with van der Waals surface area (Å²) in [6.45, 7) is 10.5. The molecular formula is C54H40Si2. The Kier molecular flexibility index (Phi) is 6.47. The van der Waals surface area contributed by atoms with Crippen molar-refractivity contribution in [1.82, 2.24) is 0 Å². The Morgan fingerprint density at radius 1 is 0.286 bits per heavy atom. The molecule has 0 bridgehead atoms. The first-order chi connectivity index (χ1) is 27.3. The van der Waals surface area contributed by atoms with E-state index in [2.05, 4.69) is 196 Å². The highest BCUT2D eigenvalue weighted by Crippen LogP contribution is 2.44. The highest BCUT2D eigenvalue weighted by molar-refractivity contribution is 7.13. The van der Waals surface area contributed by atoms with Gasteiger partial charge < -0.3 is 0 Å². The zero-order valence-corrected chi connectivity index (χ0v) is 34.2. The normalized spacial score (nSPS) is 14.7. The number of hydrogen-bond donors (Lipinski definition) is 0. The number of fused-ring (bicyclic) bond motifs is 16. The van der Waals surface area contributed by atoms with E-state index in [4.69, 9.17) is 0 Å². The van der Waals surface area contributed by atoms with Crippen LogP contribution in [-0.4, -0.2) is 16.1 Å². The minimum absolute atomic E-state index is 1.30. The van der Waals surface area contributed by atoms with Crippen LogP contribution in [0.15, 0.2) is 170 Å². The van der Waals surface area contributed by atoms with Crippen LogP contribution in [0.4, 0.5) is 0 Å². The molecule has 0 spiro atoms. The molecule has 0 aromatic heterocycles. The molecule has 0 saturated carbocycles. The minimum Gasteiger partial charge on any atom is -0.0616 e. The molecule has 0 amide bonds. The summed E-state index contributed by atoms with van der Waals surface area (Å²) in [5, 5.41) is 19.9. The van der Waals surface area contributed by atoms with Crippen LogP contribution in [0.1, 0.15) is 0 Å². The highest BCUT2D eigenvalue weighted by Gasteiger charge is 2.49. The van der Waals surface area contributed by atoms with Crippen LogP contribution in [0.3, 0.4) is 0 Å². The third-order valence-electron chi connectivity index (χ3n) is 13.5. The van der Waals surface area contributed by atoms with Gasteiger partial charge in [0.1, 0.15) is 16.1 Å². The zero-order chi connectivity index (χ0) is 37.5. The van der Waals surface area contributed by atoms with Gasteiger partial charge in [-0.3, -0.25) is 0 Å². The predicted octanol–water partition coefficient (Wildman–Crippen LogP) is 12.4. The Balaban J connectivity index is 1.08. The van der Waals surface area contributed by atoms with Crippen molar-refractivity contribution in [3.8, 4) is 44.5 Å². The molecule has 0 radical (unpaired) electrons. The average molecular weight is 745 g/mol. The number of hydrogen-bond acceptors (Lipinski definition) is 0. The van der Waals surface area contributed by atoms with Crippen molar-refractivity contribution in [2.24, 2.45) is 0 Å². The van der Waals surface area contributed by atoms with Crippen molar-refractivity contribution < 1.29 is 0 Å². The Morgan fingerprint density at radius 3 is 1.04 bits per heavy atom. The van der Waals surface area contributed by atoms with Gasteiger partial charge in [-0.2, -0.15) is 0 Å². The molecule has 0 nitrogen and oxygen atoms in total. The molecule has 10 aromatic carbocycles. The van der Waals surface area contributed by atoms with E-state index >= 15 is 0 Å². The smallest absolute Gasteiger partial charge is 0.0616 e. The molecule has 2 aliphatic heterocycles. The Morgan fingerprint density at radius 2 is 0.625 bits per heavy atom. The van der Waals surface area contributed by atoms with Crippen LogP contribution >= 0.6 is 0 Å². The van der Waals surface area contributed by atoms with Crippen LogP contribution in [-0.2, 0) is 0 Å². The summed E-state index contributed by atoms with van der Waals surface area (Å²) < 4.78 is 0. The van der Waals surface area contributed by atoms with Crippen LogP contribution in [0.25, 0.3) is 98.4 Å². The largest absolute Gasteiger partial charge is 0.113 e. The monoisotopic (exact) mass is 744 g/mol. The predicted molar refractivity (Wildman–Crippen MR) is 249 cm³/mol. The first-order valence-electron chi connectivity index (χ1n) is 20.0. The molecular weight excluding hydrogens is 705 g/mol. The van der Waals surface area contributed by atoms with Gasteiger partial charge in [0.15, 0.2) is 0 Å². The second-order valence-corrected chi connectivity index (χ2v) is 25.8. The summed E-state index contributed by atoms with van der Waals surface area (Å²) in [7, 11) is -4.36. The summed E-state index contributed by atoms with van der Waals surface area (Å²) in [4.78, 5) is 0. The van der Waals surface area contributed by atoms with Gasteiger partial charge >= 0.3 is 0 Å². The van der Waals surface area contributed by atoms with E-state index < -0.39 is 16.1 Å². The minimum atomic E-state index is -2.18. The number of rotatable bonds is 2. The van der Waals surface area contributed by atoms with Gasteiger partial charge in [0.05, 0.1) is 0 Å². The Hall–Kier alpha value is -6.07. The van der Waals surface area contributed by atoms with Gasteiger partial charge in [-0.25, -0.2) is 0 Å². The van der Waals surface area contributed by atoms with Crippen molar-refractivity contribution in [3.05, 3.63) is 170 Å². The topological polar surface area (TPSA) is 0 Å². The lowest BCUT2D eigenvalue weighted by molar-refractivity contribution is 1.68. The summed E-state index contributed by atoms with van der Waals surface area (Å²) in [5.74, 6) is 0. The number of benzene rings is 10. The Bertz CT molecular complexity index is 3140. The van der Waals surface area contributed by atoms with Crippen LogP contribution in [0.5, 0.6) is 0 Å². The fourth-order valence-corrected chi connectivity index (χ4v) is 19.5. The molecule has 2 aliphatic rings. The quantitative estimate of drug-likeness (QED) is 0.122. The van der Waals surface area contributed by atoms with Gasteiger partial charge in [0, 0.05) is 0 Å². The van der Waals surface area contributed by atoms with Crippen molar-refractivity contribution in [2.45, 2.75) is 26.2 Å². The van der Waals surface area contributed by atoms with E-state index in [1.54, 1.807) is 20.7 Å². The zero-order valence-electron chi connectivity index (χ0n) is 32.2. The molecule has 0 unspecified atom stereocenters. The maximum Gasteiger partial charge on any atom is 0.113 e. The van der Waals surface area contributed by atoms with E-state index in [1.807, 2.05) is 0 Å². The lowest BCUT2D eigenvalue weighted by Crippen LogP contribution is -2.63. The average Bonchev–Trinajstić information content (AvgIpc) is 3.62. The molecule has 10 aromatic rings. The standard InChI is InChI=1S/C54H40Si2/c1-55(2)49-31-35(47-29-33-15-5-7-17-37(33)39-19-9-11-21-41(39)47)25-27-45(49)51-43-23-13-14-24-44(43)52-46-28-26-36(32-50(46)56(3,4)54(52)53(51)55)48-30-34-16-6-8-18-38(34)40-20-10-12-22-42(40)48/h5-32H,1-4H3. The highest BCUT2D eigenvalue weighted by atomic mass is 28.3. The maximum absolute atomic E-state index is 2.63. The second-order valence-electron chi connectivity index (χ2n) is 17.2. The SMILES string of the molecule is C[Si]1(C)c2cc(-c3cc4ccccc4c4ccccc34)ccc2-c2c1c1c(c3ccccc23)-c2ccc(-c3cc4ccccc4c4ccccc34)cc2[Si]1(C)C. The molecule has 0 aliphatic carbocycles. The van der Waals surface area contributed by atoms with E-state index in [9.17, 15) is 0 Å². The fourth-order valence-electron chi connectivity index (χ4n) is 11.0. The van der Waals surface area contributed by atoms with Crippen molar-refractivity contribution in [1.29, 1.82) is 0 Å². The lowest BCUT2D eigenvalue weighted by atomic mass is 9.89. The van der Waals surface area contributed by atoms with Crippen molar-refractivity contribution in [3.63, 3.8) is 0 Å². The van der Waals surface area contributed by atoms with Crippen LogP contribution in [0, 0.1) is 0 Å². The summed E-state index contributed by atoms with van der Waals surface area (Å²) in [6.07, 6.45) is 0. The molecule has 0 atom stereocenters. The first-order valence-corrected chi connectivity index (χ1v) is 26.0. The van der Waals surface area contributed by atoms with Gasteiger partial charge in [0.25, 0.3) is 0 Å². The lowest BCUT2D eigenvalue weighted by Gasteiger charge is -2.29. The van der Waals surface area contributed by atoms with Gasteiger partial charge in [-0.1, -0.05) is 184 Å². The maximum atomic E-state index is 2.63. The van der Waals surface area contributed by atoms with Gasteiger partial charge in [-0.05, 0) is 131 Å². The molecule has 0 saturated heterocycles. The molecule has 56 heavy (non-hydrogen) atoms. The molecule has 0 fully saturated rings. The summed E-state index contributed by atoms with van der Waals surface area (Å²) >= 11 is 0. The molecule has 2 heteroatoms. The third kappa shape index (κ3) is 4.18. The first kappa shape index (κ1) is 32.2. The summed E-state index contributed by atoms with van der Waals surface area (Å²) in [6, 6.07) is 64.8. The second kappa shape index (κ2) is 11.3. The third-order valence-corrected chi connectivity index (χ3v) is 20.8. The van der Waals surface area contributed by atoms with E-state index in [0.29, 0.717) is 0 Å². The van der Waals surface area contributed by atoms with E-state index in [0.717, 1.165) is 0 Å². The summed E-state index contributed by atoms with van der Waals surface area (Å²) in [5.41, 5.74) is 11.2. The van der Waals surface area contributed by atoms with Crippen LogP contribution < -0.4 is 20.7 Å². The fraction of sp³-hybridized carbons (Fsp3) is 0.0741. The molecule has 264 valence electrons. The molecule has 0 N–H and O–H groups in total. The molecule has 12 rings (SSSR count). The van der Waals surface area contributed by atoms with Gasteiger partial charge in [-0.15, -0.1) is 0 Å². The van der Waals surface area contributed by atoms with Crippen molar-refractivity contribution in [2.75, 3.05) is 0 Å². The van der Waals surface area contributed by atoms with Crippen LogP contribution in [0.2, 0.25) is 26.2 Å². The Labute approximate surface area is 329 Å².